The number of carbonyl (C=O) groups excluding carboxylic acids is 2. The van der Waals surface area contributed by atoms with Gasteiger partial charge in [0.05, 0.1) is 6.42 Å². The van der Waals surface area contributed by atoms with E-state index in [2.05, 4.69) is 16.3 Å². The summed E-state index contributed by atoms with van der Waals surface area (Å²) in [5.74, 6) is -1.39. The van der Waals surface area contributed by atoms with Crippen LogP contribution >= 0.6 is 0 Å². The maximum absolute atomic E-state index is 13.1. The minimum atomic E-state index is -0.572. The predicted octanol–water partition coefficient (Wildman–Crippen LogP) is 3.46. The summed E-state index contributed by atoms with van der Waals surface area (Å²) >= 11 is 0. The lowest BCUT2D eigenvalue weighted by Crippen LogP contribution is -2.22. The number of hydrogen-bond donors (Lipinski definition) is 1. The van der Waals surface area contributed by atoms with Gasteiger partial charge in [-0.05, 0) is 61.2 Å². The van der Waals surface area contributed by atoms with Crippen molar-refractivity contribution < 1.29 is 18.7 Å². The molecule has 0 aromatic heterocycles. The van der Waals surface area contributed by atoms with E-state index in [-0.39, 0.29) is 13.0 Å². The zero-order valence-corrected chi connectivity index (χ0v) is 15.3. The molecule has 0 atom stereocenters. The molecule has 0 unspecified atom stereocenters. The third-order valence-electron chi connectivity index (χ3n) is 4.56. The van der Waals surface area contributed by atoms with Crippen molar-refractivity contribution in [2.45, 2.75) is 26.2 Å². The van der Waals surface area contributed by atoms with E-state index in [1.54, 1.807) is 6.07 Å². The van der Waals surface area contributed by atoms with Gasteiger partial charge in [0.15, 0.2) is 6.61 Å². The fourth-order valence-corrected chi connectivity index (χ4v) is 3.16. The molecule has 2 aromatic rings. The fraction of sp³-hybridized carbons (Fsp3) is 0.333. The van der Waals surface area contributed by atoms with Gasteiger partial charge in [-0.15, -0.1) is 0 Å². The molecule has 0 bridgehead atoms. The van der Waals surface area contributed by atoms with Gasteiger partial charge in [-0.1, -0.05) is 12.1 Å². The van der Waals surface area contributed by atoms with Crippen LogP contribution in [0.2, 0.25) is 0 Å². The predicted molar refractivity (Wildman–Crippen MR) is 102 cm³/mol. The van der Waals surface area contributed by atoms with Gasteiger partial charge in [-0.2, -0.15) is 0 Å². The lowest BCUT2D eigenvalue weighted by Gasteiger charge is -2.19. The van der Waals surface area contributed by atoms with Gasteiger partial charge in [0, 0.05) is 24.5 Å². The maximum Gasteiger partial charge on any atom is 0.310 e. The summed E-state index contributed by atoms with van der Waals surface area (Å²) < 4.78 is 18.1. The van der Waals surface area contributed by atoms with E-state index in [1.807, 2.05) is 19.1 Å². The molecule has 1 heterocycles. The van der Waals surface area contributed by atoms with E-state index in [0.29, 0.717) is 11.3 Å². The van der Waals surface area contributed by atoms with Crippen LogP contribution in [0.1, 0.15) is 24.0 Å². The molecule has 1 aliphatic rings. The zero-order valence-electron chi connectivity index (χ0n) is 15.3. The molecular weight excluding hydrogens is 347 g/mol. The van der Waals surface area contributed by atoms with Crippen molar-refractivity contribution in [1.82, 2.24) is 0 Å². The minimum Gasteiger partial charge on any atom is -0.455 e. The first-order valence-corrected chi connectivity index (χ1v) is 9.07. The Morgan fingerprint density at radius 1 is 1.15 bits per heavy atom. The fourth-order valence-electron chi connectivity index (χ4n) is 3.16. The molecule has 0 radical (unpaired) electrons. The summed E-state index contributed by atoms with van der Waals surface area (Å²) in [6, 6.07) is 11.7. The molecule has 1 N–H and O–H groups in total. The Bertz CT molecular complexity index is 832. The van der Waals surface area contributed by atoms with E-state index >= 15 is 0 Å². The van der Waals surface area contributed by atoms with Crippen LogP contribution in [0, 0.1) is 12.7 Å². The zero-order chi connectivity index (χ0) is 19.2. The number of esters is 1. The van der Waals surface area contributed by atoms with Crippen LogP contribution in [0.15, 0.2) is 42.5 Å². The first kappa shape index (κ1) is 18.9. The molecule has 0 aliphatic carbocycles. The lowest BCUT2D eigenvalue weighted by molar-refractivity contribution is -0.146. The summed E-state index contributed by atoms with van der Waals surface area (Å²) in [6.45, 7) is 3.69. The van der Waals surface area contributed by atoms with Gasteiger partial charge in [0.25, 0.3) is 5.91 Å². The van der Waals surface area contributed by atoms with Crippen molar-refractivity contribution in [2.75, 3.05) is 29.9 Å². The highest BCUT2D eigenvalue weighted by Crippen LogP contribution is 2.25. The van der Waals surface area contributed by atoms with Crippen molar-refractivity contribution in [2.24, 2.45) is 0 Å². The van der Waals surface area contributed by atoms with Crippen molar-refractivity contribution in [3.8, 4) is 0 Å². The summed E-state index contributed by atoms with van der Waals surface area (Å²) in [5.41, 5.74) is 3.32. The molecule has 3 rings (SSSR count). The number of anilines is 2. The van der Waals surface area contributed by atoms with Crippen molar-refractivity contribution in [3.05, 3.63) is 59.4 Å². The van der Waals surface area contributed by atoms with Gasteiger partial charge in [0.1, 0.15) is 5.82 Å². The normalized spacial score (nSPS) is 13.5. The van der Waals surface area contributed by atoms with Gasteiger partial charge in [-0.3, -0.25) is 9.59 Å². The van der Waals surface area contributed by atoms with Gasteiger partial charge >= 0.3 is 5.97 Å². The summed E-state index contributed by atoms with van der Waals surface area (Å²) in [7, 11) is 0. The molecule has 1 fully saturated rings. The minimum absolute atomic E-state index is 0.0748. The largest absolute Gasteiger partial charge is 0.455 e. The highest BCUT2D eigenvalue weighted by Gasteiger charge is 2.14. The molecule has 27 heavy (non-hydrogen) atoms. The first-order valence-electron chi connectivity index (χ1n) is 9.07. The lowest BCUT2D eigenvalue weighted by atomic mass is 10.1. The molecule has 1 aliphatic heterocycles. The number of ether oxygens (including phenoxy) is 1. The molecule has 5 nitrogen and oxygen atoms in total. The van der Waals surface area contributed by atoms with Crippen molar-refractivity contribution >= 4 is 23.3 Å². The second-order valence-corrected chi connectivity index (χ2v) is 6.71. The van der Waals surface area contributed by atoms with Crippen LogP contribution in [-0.4, -0.2) is 31.6 Å². The number of aryl methyl sites for hydroxylation is 1. The van der Waals surface area contributed by atoms with Crippen LogP contribution in [-0.2, 0) is 20.7 Å². The van der Waals surface area contributed by atoms with Crippen LogP contribution < -0.4 is 10.2 Å². The van der Waals surface area contributed by atoms with Gasteiger partial charge in [-0.25, -0.2) is 4.39 Å². The van der Waals surface area contributed by atoms with E-state index in [0.717, 1.165) is 24.3 Å². The Kier molecular flexibility index (Phi) is 6.06. The number of halogens is 1. The molecular formula is C21H23FN2O3. The average molecular weight is 370 g/mol. The highest BCUT2D eigenvalue weighted by molar-refractivity contribution is 5.93. The Balaban J connectivity index is 1.49. The highest BCUT2D eigenvalue weighted by atomic mass is 19.1. The monoisotopic (exact) mass is 370 g/mol. The van der Waals surface area contributed by atoms with Crippen molar-refractivity contribution in [3.63, 3.8) is 0 Å². The second kappa shape index (κ2) is 8.66. The third-order valence-corrected chi connectivity index (χ3v) is 4.56. The van der Waals surface area contributed by atoms with E-state index in [4.69, 9.17) is 4.74 Å². The van der Waals surface area contributed by atoms with Gasteiger partial charge in [0.2, 0.25) is 0 Å². The Morgan fingerprint density at radius 3 is 2.63 bits per heavy atom. The van der Waals surface area contributed by atoms with Crippen molar-refractivity contribution in [1.29, 1.82) is 0 Å². The van der Waals surface area contributed by atoms with Crippen LogP contribution in [0.5, 0.6) is 0 Å². The standard InChI is InChI=1S/C21H23FN2O3/c1-15-11-18(24-9-2-3-10-24)7-8-19(15)23-20(25)14-27-21(26)13-16-5-4-6-17(22)12-16/h4-8,11-12H,2-3,9-10,13-14H2,1H3,(H,23,25). The smallest absolute Gasteiger partial charge is 0.310 e. The number of hydrogen-bond acceptors (Lipinski definition) is 4. The second-order valence-electron chi connectivity index (χ2n) is 6.71. The number of amides is 1. The topological polar surface area (TPSA) is 58.6 Å². The molecule has 0 saturated carbocycles. The van der Waals surface area contributed by atoms with E-state index < -0.39 is 17.7 Å². The molecule has 1 amide bonds. The Labute approximate surface area is 158 Å². The van der Waals surface area contributed by atoms with E-state index in [9.17, 15) is 14.0 Å². The number of carbonyl (C=O) groups is 2. The number of rotatable bonds is 6. The quantitative estimate of drug-likeness (QED) is 0.791. The van der Waals surface area contributed by atoms with Crippen LogP contribution in [0.4, 0.5) is 15.8 Å². The molecule has 0 spiro atoms. The van der Waals surface area contributed by atoms with Crippen LogP contribution in [0.3, 0.4) is 0 Å². The average Bonchev–Trinajstić information content (AvgIpc) is 3.16. The number of nitrogens with one attached hydrogen (secondary N) is 1. The first-order chi connectivity index (χ1) is 13.0. The summed E-state index contributed by atoms with van der Waals surface area (Å²) in [4.78, 5) is 26.2. The third kappa shape index (κ3) is 5.29. The van der Waals surface area contributed by atoms with Crippen LogP contribution in [0.25, 0.3) is 0 Å². The van der Waals surface area contributed by atoms with E-state index in [1.165, 1.54) is 31.0 Å². The molecule has 2 aromatic carbocycles. The number of nitrogens with zero attached hydrogens (tertiary/aromatic N) is 1. The Morgan fingerprint density at radius 2 is 1.93 bits per heavy atom. The maximum atomic E-state index is 13.1. The molecule has 142 valence electrons. The summed E-state index contributed by atoms with van der Waals surface area (Å²) in [5, 5.41) is 2.76. The molecule has 1 saturated heterocycles. The Hall–Kier alpha value is -2.89. The summed E-state index contributed by atoms with van der Waals surface area (Å²) in [6.07, 6.45) is 2.34. The molecule has 6 heteroatoms. The number of benzene rings is 2. The van der Waals surface area contributed by atoms with Gasteiger partial charge < -0.3 is 15.0 Å². The SMILES string of the molecule is Cc1cc(N2CCCC2)ccc1NC(=O)COC(=O)Cc1cccc(F)c1.